The highest BCUT2D eigenvalue weighted by molar-refractivity contribution is 5.79. The number of likely N-dealkylation sites (tertiary alicyclic amines) is 1. The molecule has 2 rings (SSSR count). The molecule has 0 unspecified atom stereocenters. The fourth-order valence-electron chi connectivity index (χ4n) is 2.92. The van der Waals surface area contributed by atoms with Crippen molar-refractivity contribution < 1.29 is 15.0 Å². The fraction of sp³-hybridized carbons (Fsp3) is 0.923. The van der Waals surface area contributed by atoms with Crippen LogP contribution in [0.2, 0.25) is 0 Å². The molecule has 4 heteroatoms. The van der Waals surface area contributed by atoms with E-state index < -0.39 is 0 Å². The Bertz CT molecular complexity index is 253. The van der Waals surface area contributed by atoms with E-state index in [0.29, 0.717) is 5.92 Å². The van der Waals surface area contributed by atoms with Crippen LogP contribution >= 0.6 is 0 Å². The van der Waals surface area contributed by atoms with Crippen molar-refractivity contribution in [2.75, 3.05) is 19.7 Å². The Balaban J connectivity index is 1.80. The molecule has 98 valence electrons. The smallest absolute Gasteiger partial charge is 0.225 e. The Hall–Kier alpha value is -0.610. The van der Waals surface area contributed by atoms with E-state index in [1.165, 1.54) is 0 Å². The first-order valence-electron chi connectivity index (χ1n) is 6.78. The third kappa shape index (κ3) is 3.19. The van der Waals surface area contributed by atoms with Crippen molar-refractivity contribution in [3.05, 3.63) is 0 Å². The van der Waals surface area contributed by atoms with Gasteiger partial charge < -0.3 is 15.1 Å². The van der Waals surface area contributed by atoms with Gasteiger partial charge in [0, 0.05) is 25.6 Å². The summed E-state index contributed by atoms with van der Waals surface area (Å²) in [5.74, 6) is 0.782. The summed E-state index contributed by atoms with van der Waals surface area (Å²) in [4.78, 5) is 14.2. The molecule has 2 N–H and O–H groups in total. The molecule has 0 bridgehead atoms. The minimum Gasteiger partial charge on any atom is -0.396 e. The number of rotatable bonds is 2. The van der Waals surface area contributed by atoms with Gasteiger partial charge in [-0.2, -0.15) is 0 Å². The molecule has 2 aliphatic rings. The third-order valence-electron chi connectivity index (χ3n) is 4.23. The standard InChI is InChI=1S/C13H23NO3/c15-9-10-5-7-14(8-6-10)13(17)11-1-3-12(16)4-2-11/h10-12,15-16H,1-9H2. The molecule has 1 aliphatic carbocycles. The normalized spacial score (nSPS) is 31.5. The lowest BCUT2D eigenvalue weighted by molar-refractivity contribution is -0.138. The first kappa shape index (κ1) is 12.8. The number of amides is 1. The SMILES string of the molecule is O=C(C1CCC(O)CC1)N1CCC(CO)CC1. The van der Waals surface area contributed by atoms with Crippen LogP contribution in [0.1, 0.15) is 38.5 Å². The summed E-state index contributed by atoms with van der Waals surface area (Å²) in [6, 6.07) is 0. The lowest BCUT2D eigenvalue weighted by Crippen LogP contribution is -2.43. The monoisotopic (exact) mass is 241 g/mol. The van der Waals surface area contributed by atoms with Gasteiger partial charge in [-0.25, -0.2) is 0 Å². The second-order valence-corrected chi connectivity index (χ2v) is 5.46. The maximum atomic E-state index is 12.2. The van der Waals surface area contributed by atoms with Crippen LogP contribution in [0.5, 0.6) is 0 Å². The number of aliphatic hydroxyl groups is 2. The third-order valence-corrected chi connectivity index (χ3v) is 4.23. The summed E-state index contributed by atoms with van der Waals surface area (Å²) in [6.45, 7) is 1.84. The topological polar surface area (TPSA) is 60.8 Å². The van der Waals surface area contributed by atoms with Gasteiger partial charge in [-0.3, -0.25) is 4.79 Å². The molecule has 1 saturated heterocycles. The molecule has 1 heterocycles. The number of carbonyl (C=O) groups excluding carboxylic acids is 1. The summed E-state index contributed by atoms with van der Waals surface area (Å²) in [7, 11) is 0. The Labute approximate surface area is 103 Å². The first-order valence-corrected chi connectivity index (χ1v) is 6.78. The van der Waals surface area contributed by atoms with Gasteiger partial charge in [-0.15, -0.1) is 0 Å². The highest BCUT2D eigenvalue weighted by atomic mass is 16.3. The van der Waals surface area contributed by atoms with Crippen molar-refractivity contribution in [3.63, 3.8) is 0 Å². The van der Waals surface area contributed by atoms with Crippen molar-refractivity contribution in [2.45, 2.75) is 44.6 Å². The average Bonchev–Trinajstić information content (AvgIpc) is 2.39. The van der Waals surface area contributed by atoms with Crippen molar-refractivity contribution in [1.82, 2.24) is 4.90 Å². The number of piperidine rings is 1. The van der Waals surface area contributed by atoms with Gasteiger partial charge >= 0.3 is 0 Å². The molecule has 0 radical (unpaired) electrons. The summed E-state index contributed by atoms with van der Waals surface area (Å²) >= 11 is 0. The Morgan fingerprint density at radius 3 is 2.18 bits per heavy atom. The molecular weight excluding hydrogens is 218 g/mol. The molecule has 0 atom stereocenters. The molecule has 1 aliphatic heterocycles. The zero-order chi connectivity index (χ0) is 12.3. The van der Waals surface area contributed by atoms with E-state index >= 15 is 0 Å². The number of carbonyl (C=O) groups is 1. The summed E-state index contributed by atoms with van der Waals surface area (Å²) in [5, 5.41) is 18.5. The molecule has 0 spiro atoms. The molecule has 0 aromatic carbocycles. The average molecular weight is 241 g/mol. The minimum atomic E-state index is -0.195. The fourth-order valence-corrected chi connectivity index (χ4v) is 2.92. The Morgan fingerprint density at radius 2 is 1.65 bits per heavy atom. The predicted molar refractivity (Wildman–Crippen MR) is 64.4 cm³/mol. The largest absolute Gasteiger partial charge is 0.396 e. The van der Waals surface area contributed by atoms with E-state index in [4.69, 9.17) is 5.11 Å². The lowest BCUT2D eigenvalue weighted by atomic mass is 9.86. The van der Waals surface area contributed by atoms with Crippen molar-refractivity contribution in [3.8, 4) is 0 Å². The predicted octanol–water partition coefficient (Wildman–Crippen LogP) is 0.768. The summed E-state index contributed by atoms with van der Waals surface area (Å²) < 4.78 is 0. The quantitative estimate of drug-likeness (QED) is 0.750. The highest BCUT2D eigenvalue weighted by Crippen LogP contribution is 2.27. The zero-order valence-electron chi connectivity index (χ0n) is 10.3. The molecule has 4 nitrogen and oxygen atoms in total. The molecule has 0 aromatic heterocycles. The number of aliphatic hydroxyl groups excluding tert-OH is 2. The summed E-state index contributed by atoms with van der Waals surface area (Å²) in [5.41, 5.74) is 0. The van der Waals surface area contributed by atoms with Gasteiger partial charge in [0.1, 0.15) is 0 Å². The van der Waals surface area contributed by atoms with Gasteiger partial charge in [0.05, 0.1) is 6.10 Å². The molecule has 1 saturated carbocycles. The Morgan fingerprint density at radius 1 is 1.06 bits per heavy atom. The van der Waals surface area contributed by atoms with Crippen LogP contribution in [-0.4, -0.2) is 46.8 Å². The maximum Gasteiger partial charge on any atom is 0.225 e. The minimum absolute atomic E-state index is 0.129. The van der Waals surface area contributed by atoms with Crippen LogP contribution in [0.25, 0.3) is 0 Å². The maximum absolute atomic E-state index is 12.2. The van der Waals surface area contributed by atoms with E-state index in [-0.39, 0.29) is 24.5 Å². The molecule has 0 aromatic rings. The van der Waals surface area contributed by atoms with E-state index in [1.807, 2.05) is 4.90 Å². The van der Waals surface area contributed by atoms with Gasteiger partial charge in [-0.1, -0.05) is 0 Å². The molecular formula is C13H23NO3. The second-order valence-electron chi connectivity index (χ2n) is 5.46. The molecule has 1 amide bonds. The molecule has 17 heavy (non-hydrogen) atoms. The van der Waals surface area contributed by atoms with Crippen molar-refractivity contribution in [1.29, 1.82) is 0 Å². The second kappa shape index (κ2) is 5.83. The summed E-state index contributed by atoms with van der Waals surface area (Å²) in [6.07, 6.45) is 4.86. The van der Waals surface area contributed by atoms with Crippen molar-refractivity contribution in [2.24, 2.45) is 11.8 Å². The van der Waals surface area contributed by atoms with Gasteiger partial charge in [0.25, 0.3) is 0 Å². The highest BCUT2D eigenvalue weighted by Gasteiger charge is 2.30. The van der Waals surface area contributed by atoms with E-state index in [2.05, 4.69) is 0 Å². The number of hydrogen-bond acceptors (Lipinski definition) is 3. The van der Waals surface area contributed by atoms with Crippen LogP contribution in [0.4, 0.5) is 0 Å². The van der Waals surface area contributed by atoms with Crippen LogP contribution in [0.3, 0.4) is 0 Å². The molecule has 2 fully saturated rings. The van der Waals surface area contributed by atoms with Crippen LogP contribution in [-0.2, 0) is 4.79 Å². The first-order chi connectivity index (χ1) is 8.20. The van der Waals surface area contributed by atoms with Gasteiger partial charge in [0.15, 0.2) is 0 Å². The lowest BCUT2D eigenvalue weighted by Gasteiger charge is -2.35. The van der Waals surface area contributed by atoms with Crippen LogP contribution in [0.15, 0.2) is 0 Å². The van der Waals surface area contributed by atoms with Crippen molar-refractivity contribution >= 4 is 5.91 Å². The van der Waals surface area contributed by atoms with Gasteiger partial charge in [0.2, 0.25) is 5.91 Å². The Kier molecular flexibility index (Phi) is 4.40. The number of nitrogens with zero attached hydrogens (tertiary/aromatic N) is 1. The van der Waals surface area contributed by atoms with Gasteiger partial charge in [-0.05, 0) is 44.4 Å². The number of hydrogen-bond donors (Lipinski definition) is 2. The zero-order valence-corrected chi connectivity index (χ0v) is 10.3. The van der Waals surface area contributed by atoms with Crippen LogP contribution < -0.4 is 0 Å². The van der Waals surface area contributed by atoms with E-state index in [0.717, 1.165) is 51.6 Å². The van der Waals surface area contributed by atoms with E-state index in [1.54, 1.807) is 0 Å². The van der Waals surface area contributed by atoms with Crippen LogP contribution in [0, 0.1) is 11.8 Å². The van der Waals surface area contributed by atoms with E-state index in [9.17, 15) is 9.90 Å².